The molecule has 2 heteroatoms. The van der Waals surface area contributed by atoms with E-state index in [0.717, 1.165) is 0 Å². The zero-order chi connectivity index (χ0) is 21.9. The number of hydrogen-bond acceptors (Lipinski definition) is 0. The van der Waals surface area contributed by atoms with Gasteiger partial charge >= 0.3 is 0 Å². The Kier molecular flexibility index (Phi) is 16.9. The van der Waals surface area contributed by atoms with Crippen molar-refractivity contribution in [1.82, 2.24) is 0 Å². The third kappa shape index (κ3) is 13.3. The summed E-state index contributed by atoms with van der Waals surface area (Å²) < 4.78 is 0. The highest BCUT2D eigenvalue weighted by Gasteiger charge is 2.02. The molecule has 0 aliphatic heterocycles. The number of halogens is 2. The molecule has 0 atom stereocenters. The molecule has 0 spiro atoms. The lowest BCUT2D eigenvalue weighted by molar-refractivity contribution is 0.599. The topological polar surface area (TPSA) is 0 Å². The SMILES string of the molecule is CCCCCCCCc1ccccc1CCCCCCCC.Clc1ccccc1Cl. The first kappa shape index (κ1) is 27.1. The Morgan fingerprint density at radius 3 is 1.17 bits per heavy atom. The molecule has 0 saturated heterocycles. The molecule has 0 saturated carbocycles. The van der Waals surface area contributed by atoms with Crippen LogP contribution in [-0.4, -0.2) is 0 Å². The largest absolute Gasteiger partial charge is 0.0827 e. The summed E-state index contributed by atoms with van der Waals surface area (Å²) in [5.74, 6) is 0. The van der Waals surface area contributed by atoms with Crippen molar-refractivity contribution in [2.45, 2.75) is 104 Å². The second-order valence-electron chi connectivity index (χ2n) is 8.22. The average molecular weight is 450 g/mol. The zero-order valence-corrected chi connectivity index (χ0v) is 20.8. The lowest BCUT2D eigenvalue weighted by atomic mass is 9.96. The van der Waals surface area contributed by atoms with E-state index in [0.29, 0.717) is 10.0 Å². The van der Waals surface area contributed by atoms with Crippen LogP contribution in [0, 0.1) is 0 Å². The van der Waals surface area contributed by atoms with Gasteiger partial charge in [0.1, 0.15) is 0 Å². The van der Waals surface area contributed by atoms with E-state index in [1.54, 1.807) is 23.3 Å². The van der Waals surface area contributed by atoms with E-state index in [4.69, 9.17) is 23.2 Å². The van der Waals surface area contributed by atoms with Gasteiger partial charge in [-0.2, -0.15) is 0 Å². The summed E-state index contributed by atoms with van der Waals surface area (Å²) >= 11 is 11.2. The van der Waals surface area contributed by atoms with Gasteiger partial charge in [-0.25, -0.2) is 0 Å². The molecule has 0 N–H and O–H groups in total. The van der Waals surface area contributed by atoms with Crippen molar-refractivity contribution in [3.05, 3.63) is 69.7 Å². The predicted octanol–water partition coefficient (Wildman–Crippen LogP) is 10.5. The van der Waals surface area contributed by atoms with Gasteiger partial charge in [-0.3, -0.25) is 0 Å². The van der Waals surface area contributed by atoms with Crippen LogP contribution < -0.4 is 0 Å². The first-order valence-corrected chi connectivity index (χ1v) is 12.9. The molecule has 0 heterocycles. The van der Waals surface area contributed by atoms with E-state index in [9.17, 15) is 0 Å². The van der Waals surface area contributed by atoms with Crippen molar-refractivity contribution in [3.63, 3.8) is 0 Å². The lowest BCUT2D eigenvalue weighted by Crippen LogP contribution is -1.95. The van der Waals surface area contributed by atoms with Crippen LogP contribution in [0.5, 0.6) is 0 Å². The summed E-state index contributed by atoms with van der Waals surface area (Å²) in [6.07, 6.45) is 19.4. The Morgan fingerprint density at radius 1 is 0.467 bits per heavy atom. The molecule has 2 rings (SSSR count). The zero-order valence-electron chi connectivity index (χ0n) is 19.3. The van der Waals surface area contributed by atoms with Crippen LogP contribution >= 0.6 is 23.2 Å². The molecule has 2 aromatic rings. The molecule has 0 amide bonds. The molecule has 0 unspecified atom stereocenters. The molecule has 168 valence electrons. The van der Waals surface area contributed by atoms with Crippen molar-refractivity contribution in [2.24, 2.45) is 0 Å². The van der Waals surface area contributed by atoms with Crippen molar-refractivity contribution >= 4 is 23.2 Å². The number of aryl methyl sites for hydroxylation is 2. The molecule has 30 heavy (non-hydrogen) atoms. The van der Waals surface area contributed by atoms with E-state index in [-0.39, 0.29) is 0 Å². The van der Waals surface area contributed by atoms with E-state index in [2.05, 4.69) is 38.1 Å². The van der Waals surface area contributed by atoms with Gasteiger partial charge in [0.05, 0.1) is 10.0 Å². The monoisotopic (exact) mass is 448 g/mol. The van der Waals surface area contributed by atoms with Crippen molar-refractivity contribution in [2.75, 3.05) is 0 Å². The molecule has 0 aliphatic carbocycles. The number of hydrogen-bond donors (Lipinski definition) is 0. The second-order valence-corrected chi connectivity index (χ2v) is 9.03. The molecule has 0 aliphatic rings. The number of rotatable bonds is 14. The highest BCUT2D eigenvalue weighted by Crippen LogP contribution is 2.19. The maximum Gasteiger partial charge on any atom is 0.0592 e. The van der Waals surface area contributed by atoms with E-state index >= 15 is 0 Å². The molecular formula is C28H42Cl2. The first-order valence-electron chi connectivity index (χ1n) is 12.2. The Bertz CT molecular complexity index is 595. The van der Waals surface area contributed by atoms with Crippen molar-refractivity contribution in [1.29, 1.82) is 0 Å². The Labute approximate surface area is 196 Å². The van der Waals surface area contributed by atoms with Gasteiger partial charge in [-0.05, 0) is 48.9 Å². The predicted molar refractivity (Wildman–Crippen MR) is 137 cm³/mol. The maximum absolute atomic E-state index is 5.58. The molecule has 0 bridgehead atoms. The highest BCUT2D eigenvalue weighted by atomic mass is 35.5. The molecule has 0 aromatic heterocycles. The standard InChI is InChI=1S/C22H38.C6H4Cl2/c1-3-5-7-9-11-13-17-21-19-15-16-20-22(21)18-14-12-10-8-6-4-2;7-5-3-1-2-4-6(5)8/h15-16,19-20H,3-14,17-18H2,1-2H3;1-4H. The summed E-state index contributed by atoms with van der Waals surface area (Å²) in [5.41, 5.74) is 3.23. The highest BCUT2D eigenvalue weighted by molar-refractivity contribution is 6.41. The summed E-state index contributed by atoms with van der Waals surface area (Å²) in [4.78, 5) is 0. The Balaban J connectivity index is 0.000000467. The second kappa shape index (κ2) is 18.8. The van der Waals surface area contributed by atoms with Crippen LogP contribution in [0.15, 0.2) is 48.5 Å². The van der Waals surface area contributed by atoms with Gasteiger partial charge in [0.25, 0.3) is 0 Å². The normalized spacial score (nSPS) is 10.5. The van der Waals surface area contributed by atoms with Crippen LogP contribution in [0.2, 0.25) is 10.0 Å². The van der Waals surface area contributed by atoms with E-state index < -0.39 is 0 Å². The van der Waals surface area contributed by atoms with Gasteiger partial charge in [0, 0.05) is 0 Å². The van der Waals surface area contributed by atoms with Crippen molar-refractivity contribution < 1.29 is 0 Å². The lowest BCUT2D eigenvalue weighted by Gasteiger charge is -2.09. The third-order valence-electron chi connectivity index (χ3n) is 5.54. The molecular weight excluding hydrogens is 407 g/mol. The number of benzene rings is 2. The van der Waals surface area contributed by atoms with Gasteiger partial charge < -0.3 is 0 Å². The summed E-state index contributed by atoms with van der Waals surface area (Å²) in [6.45, 7) is 4.58. The Morgan fingerprint density at radius 2 is 0.800 bits per heavy atom. The van der Waals surface area contributed by atoms with Gasteiger partial charge in [0.2, 0.25) is 0 Å². The van der Waals surface area contributed by atoms with Crippen LogP contribution in [0.1, 0.15) is 102 Å². The smallest absolute Gasteiger partial charge is 0.0592 e. The molecule has 2 aromatic carbocycles. The summed E-state index contributed by atoms with van der Waals surface area (Å²) in [6, 6.07) is 16.3. The average Bonchev–Trinajstić information content (AvgIpc) is 2.76. The fourth-order valence-corrected chi connectivity index (χ4v) is 3.95. The van der Waals surface area contributed by atoms with Crippen LogP contribution in [0.25, 0.3) is 0 Å². The summed E-state index contributed by atoms with van der Waals surface area (Å²) in [5, 5.41) is 1.21. The van der Waals surface area contributed by atoms with Crippen LogP contribution in [-0.2, 0) is 12.8 Å². The molecule has 0 nitrogen and oxygen atoms in total. The van der Waals surface area contributed by atoms with E-state index in [1.165, 1.54) is 89.9 Å². The maximum atomic E-state index is 5.58. The minimum Gasteiger partial charge on any atom is -0.0827 e. The third-order valence-corrected chi connectivity index (χ3v) is 6.30. The first-order chi connectivity index (χ1) is 14.7. The minimum atomic E-state index is 0.606. The number of unbranched alkanes of at least 4 members (excludes halogenated alkanes) is 10. The Hall–Kier alpha value is -0.980. The fourth-order valence-electron chi connectivity index (χ4n) is 3.68. The minimum absolute atomic E-state index is 0.606. The van der Waals surface area contributed by atoms with Crippen LogP contribution in [0.4, 0.5) is 0 Å². The van der Waals surface area contributed by atoms with Gasteiger partial charge in [-0.15, -0.1) is 0 Å². The molecule has 0 fully saturated rings. The summed E-state index contributed by atoms with van der Waals surface area (Å²) in [7, 11) is 0. The van der Waals surface area contributed by atoms with Gasteiger partial charge in [-0.1, -0.05) is 138 Å². The fraction of sp³-hybridized carbons (Fsp3) is 0.571. The van der Waals surface area contributed by atoms with E-state index in [1.807, 2.05) is 12.1 Å². The quantitative estimate of drug-likeness (QED) is 0.252. The molecule has 0 radical (unpaired) electrons. The van der Waals surface area contributed by atoms with Gasteiger partial charge in [0.15, 0.2) is 0 Å². The van der Waals surface area contributed by atoms with Crippen LogP contribution in [0.3, 0.4) is 0 Å². The van der Waals surface area contributed by atoms with Crippen molar-refractivity contribution in [3.8, 4) is 0 Å².